The average molecular weight is 380 g/mol. The zero-order valence-corrected chi connectivity index (χ0v) is 15.1. The van der Waals surface area contributed by atoms with Gasteiger partial charge < -0.3 is 10.5 Å². The minimum Gasteiger partial charge on any atom is -0.382 e. The van der Waals surface area contributed by atoms with Crippen LogP contribution < -0.4 is 5.73 Å². The summed E-state index contributed by atoms with van der Waals surface area (Å²) in [6.07, 6.45) is 5.94. The van der Waals surface area contributed by atoms with Crippen molar-refractivity contribution in [3.63, 3.8) is 0 Å². The van der Waals surface area contributed by atoms with Crippen LogP contribution in [0.25, 0.3) is 11.2 Å². The molecule has 0 amide bonds. The van der Waals surface area contributed by atoms with Crippen LogP contribution in [0.1, 0.15) is 31.9 Å². The third-order valence-corrected chi connectivity index (χ3v) is 7.33. The van der Waals surface area contributed by atoms with E-state index in [0.29, 0.717) is 23.4 Å². The molecule has 3 fully saturated rings. The minimum absolute atomic E-state index is 0.261. The molecule has 3 aliphatic rings. The summed E-state index contributed by atoms with van der Waals surface area (Å²) in [6, 6.07) is 0. The Labute approximate surface area is 150 Å². The standard InChI is InChI=1S/C15H21N6O4P/c16-14-13-15(18-8-17-14)21(9-19-13)12-6-10-11(24-12)7-23-26(22,25-10)20-4-2-1-3-5-20/h8-12H,1-7H2,(H2,16,17,18)/t10-,11+,12+,26?/m0/s1. The summed E-state index contributed by atoms with van der Waals surface area (Å²) < 4.78 is 34.5. The van der Waals surface area contributed by atoms with Gasteiger partial charge in [0.15, 0.2) is 11.5 Å². The number of nitrogens with two attached hydrogens (primary N) is 1. The molecular formula is C15H21N6O4P. The number of anilines is 1. The molecule has 10 nitrogen and oxygen atoms in total. The van der Waals surface area contributed by atoms with E-state index in [1.807, 2.05) is 9.24 Å². The van der Waals surface area contributed by atoms with E-state index in [9.17, 15) is 4.57 Å². The summed E-state index contributed by atoms with van der Waals surface area (Å²) in [7, 11) is -3.24. The summed E-state index contributed by atoms with van der Waals surface area (Å²) in [5, 5.41) is 0. The molecule has 26 heavy (non-hydrogen) atoms. The second kappa shape index (κ2) is 6.24. The first-order valence-electron chi connectivity index (χ1n) is 8.91. The molecule has 3 aliphatic heterocycles. The van der Waals surface area contributed by atoms with Crippen LogP contribution in [0, 0.1) is 0 Å². The fraction of sp³-hybridized carbons (Fsp3) is 0.667. The number of rotatable bonds is 2. The van der Waals surface area contributed by atoms with Crippen molar-refractivity contribution in [2.75, 3.05) is 25.4 Å². The van der Waals surface area contributed by atoms with Gasteiger partial charge >= 0.3 is 7.75 Å². The van der Waals surface area contributed by atoms with E-state index >= 15 is 0 Å². The predicted molar refractivity (Wildman–Crippen MR) is 92.1 cm³/mol. The number of imidazole rings is 1. The SMILES string of the molecule is Nc1ncnc2c1ncn2[C@H]1C[C@@H]2OP(=O)(N3CCCCC3)OC[C@H]2O1. The number of fused-ring (bicyclic) bond motifs is 2. The van der Waals surface area contributed by atoms with Crippen molar-refractivity contribution >= 4 is 24.7 Å². The Bertz CT molecular complexity index is 869. The topological polar surface area (TPSA) is 118 Å². The number of ether oxygens (including phenoxy) is 1. The van der Waals surface area contributed by atoms with Crippen LogP contribution in [-0.4, -0.2) is 56.1 Å². The second-order valence-corrected chi connectivity index (χ2v) is 8.84. The first-order valence-corrected chi connectivity index (χ1v) is 10.4. The van der Waals surface area contributed by atoms with Gasteiger partial charge in [-0.3, -0.25) is 13.6 Å². The molecule has 5 rings (SSSR count). The van der Waals surface area contributed by atoms with E-state index in [0.717, 1.165) is 32.4 Å². The summed E-state index contributed by atoms with van der Waals surface area (Å²) in [5.74, 6) is 0.332. The Morgan fingerprint density at radius 3 is 2.85 bits per heavy atom. The highest BCUT2D eigenvalue weighted by Crippen LogP contribution is 2.59. The molecule has 0 aliphatic carbocycles. The number of piperidine rings is 1. The van der Waals surface area contributed by atoms with Crippen molar-refractivity contribution in [3.05, 3.63) is 12.7 Å². The monoisotopic (exact) mass is 380 g/mol. The molecule has 140 valence electrons. The van der Waals surface area contributed by atoms with Gasteiger partial charge in [0.1, 0.15) is 30.3 Å². The van der Waals surface area contributed by atoms with Crippen LogP contribution in [-0.2, 0) is 18.3 Å². The van der Waals surface area contributed by atoms with Crippen LogP contribution in [0.4, 0.5) is 5.82 Å². The van der Waals surface area contributed by atoms with Gasteiger partial charge in [0.25, 0.3) is 0 Å². The molecule has 0 aromatic carbocycles. The molecule has 2 N–H and O–H groups in total. The highest BCUT2D eigenvalue weighted by Gasteiger charge is 2.49. The zero-order valence-electron chi connectivity index (χ0n) is 14.2. The molecule has 2 aromatic heterocycles. The lowest BCUT2D eigenvalue weighted by molar-refractivity contribution is -0.0639. The van der Waals surface area contributed by atoms with E-state index in [1.54, 1.807) is 6.33 Å². The van der Waals surface area contributed by atoms with Crippen molar-refractivity contribution in [1.29, 1.82) is 0 Å². The number of hydrogen-bond acceptors (Lipinski definition) is 8. The third kappa shape index (κ3) is 2.64. The van der Waals surface area contributed by atoms with Crippen molar-refractivity contribution in [2.24, 2.45) is 0 Å². The quantitative estimate of drug-likeness (QED) is 0.777. The van der Waals surface area contributed by atoms with Gasteiger partial charge in [0.2, 0.25) is 0 Å². The highest BCUT2D eigenvalue weighted by atomic mass is 31.2. The van der Waals surface area contributed by atoms with Gasteiger partial charge in [-0.2, -0.15) is 0 Å². The van der Waals surface area contributed by atoms with Crippen LogP contribution >= 0.6 is 7.75 Å². The van der Waals surface area contributed by atoms with Crippen LogP contribution in [0.5, 0.6) is 0 Å². The van der Waals surface area contributed by atoms with E-state index in [4.69, 9.17) is 19.5 Å². The van der Waals surface area contributed by atoms with Crippen LogP contribution in [0.15, 0.2) is 12.7 Å². The number of nitrogen functional groups attached to an aromatic ring is 1. The Morgan fingerprint density at radius 2 is 2.00 bits per heavy atom. The van der Waals surface area contributed by atoms with Gasteiger partial charge in [0, 0.05) is 19.5 Å². The maximum atomic E-state index is 13.2. The van der Waals surface area contributed by atoms with E-state index in [-0.39, 0.29) is 25.0 Å². The van der Waals surface area contributed by atoms with Gasteiger partial charge in [0.05, 0.1) is 12.9 Å². The number of hydrogen-bond donors (Lipinski definition) is 1. The minimum atomic E-state index is -3.24. The predicted octanol–water partition coefficient (Wildman–Crippen LogP) is 1.71. The molecule has 3 saturated heterocycles. The van der Waals surface area contributed by atoms with Crippen molar-refractivity contribution in [3.8, 4) is 0 Å². The molecule has 11 heteroatoms. The second-order valence-electron chi connectivity index (χ2n) is 6.87. The lowest BCUT2D eigenvalue weighted by Crippen LogP contribution is -2.39. The largest absolute Gasteiger partial charge is 0.408 e. The molecule has 0 bridgehead atoms. The summed E-state index contributed by atoms with van der Waals surface area (Å²) in [4.78, 5) is 12.5. The van der Waals surface area contributed by atoms with Crippen LogP contribution in [0.2, 0.25) is 0 Å². The molecule has 0 spiro atoms. The van der Waals surface area contributed by atoms with Crippen molar-refractivity contribution in [1.82, 2.24) is 24.2 Å². The smallest absolute Gasteiger partial charge is 0.382 e. The highest BCUT2D eigenvalue weighted by molar-refractivity contribution is 7.51. The first kappa shape index (κ1) is 16.6. The third-order valence-electron chi connectivity index (χ3n) is 5.23. The molecule has 2 aromatic rings. The molecule has 0 radical (unpaired) electrons. The normalized spacial score (nSPS) is 35.6. The van der Waals surface area contributed by atoms with E-state index < -0.39 is 7.75 Å². The zero-order chi connectivity index (χ0) is 17.7. The maximum Gasteiger partial charge on any atom is 0.408 e. The van der Waals surface area contributed by atoms with Gasteiger partial charge in [-0.15, -0.1) is 0 Å². The fourth-order valence-electron chi connectivity index (χ4n) is 3.85. The van der Waals surface area contributed by atoms with E-state index in [2.05, 4.69) is 15.0 Å². The summed E-state index contributed by atoms with van der Waals surface area (Å²) in [5.41, 5.74) is 7.00. The Balaban J connectivity index is 1.36. The van der Waals surface area contributed by atoms with Gasteiger partial charge in [-0.25, -0.2) is 24.2 Å². The van der Waals surface area contributed by atoms with Gasteiger partial charge in [-0.1, -0.05) is 6.42 Å². The van der Waals surface area contributed by atoms with Crippen molar-refractivity contribution < 1.29 is 18.3 Å². The molecule has 4 atom stereocenters. The molecule has 5 heterocycles. The summed E-state index contributed by atoms with van der Waals surface area (Å²) in [6.45, 7) is 1.77. The summed E-state index contributed by atoms with van der Waals surface area (Å²) >= 11 is 0. The lowest BCUT2D eigenvalue weighted by Gasteiger charge is -2.38. The molecule has 0 saturated carbocycles. The van der Waals surface area contributed by atoms with Crippen LogP contribution in [0.3, 0.4) is 0 Å². The number of nitrogens with zero attached hydrogens (tertiary/aromatic N) is 5. The fourth-order valence-corrected chi connectivity index (χ4v) is 5.88. The Morgan fingerprint density at radius 1 is 1.15 bits per heavy atom. The van der Waals surface area contributed by atoms with Crippen molar-refractivity contribution in [2.45, 2.75) is 44.1 Å². The number of aromatic nitrogens is 4. The first-order chi connectivity index (χ1) is 12.6. The van der Waals surface area contributed by atoms with Gasteiger partial charge in [-0.05, 0) is 12.8 Å². The Hall–Kier alpha value is -1.58. The molecular weight excluding hydrogens is 359 g/mol. The van der Waals surface area contributed by atoms with E-state index in [1.165, 1.54) is 6.33 Å². The average Bonchev–Trinajstić information content (AvgIpc) is 3.26. The lowest BCUT2D eigenvalue weighted by atomic mass is 10.2. The maximum absolute atomic E-state index is 13.2. The Kier molecular flexibility index (Phi) is 3.98. The molecule has 1 unspecified atom stereocenters.